The topological polar surface area (TPSA) is 29.5 Å². The lowest BCUT2D eigenvalue weighted by Crippen LogP contribution is -2.24. The Balaban J connectivity index is 2.24. The minimum Gasteiger partial charge on any atom is -0.444 e. The molecule has 0 aromatic heterocycles. The third-order valence-corrected chi connectivity index (χ3v) is 3.78. The first-order chi connectivity index (χ1) is 7.61. The van der Waals surface area contributed by atoms with Crippen LogP contribution in [0.4, 0.5) is 10.5 Å². The second kappa shape index (κ2) is 4.63. The van der Waals surface area contributed by atoms with Crippen molar-refractivity contribution in [1.29, 1.82) is 0 Å². The van der Waals surface area contributed by atoms with Crippen LogP contribution in [0.5, 0.6) is 0 Å². The summed E-state index contributed by atoms with van der Waals surface area (Å²) in [5.74, 6) is 0. The van der Waals surface area contributed by atoms with Crippen molar-refractivity contribution < 1.29 is 9.53 Å². The molecule has 1 saturated heterocycles. The van der Waals surface area contributed by atoms with Crippen LogP contribution < -0.4 is 4.90 Å². The molecule has 5 heteroatoms. The molecule has 1 aromatic carbocycles. The van der Waals surface area contributed by atoms with Gasteiger partial charge in [0, 0.05) is 10.2 Å². The monoisotopic (exact) mass is 303 g/mol. The first-order valence-electron chi connectivity index (χ1n) is 5.05. The number of hydrogen-bond acceptors (Lipinski definition) is 2. The summed E-state index contributed by atoms with van der Waals surface area (Å²) in [5, 5.41) is 0.588. The smallest absolute Gasteiger partial charge is 0.414 e. The second-order valence-corrected chi connectivity index (χ2v) is 4.88. The zero-order chi connectivity index (χ0) is 11.7. The summed E-state index contributed by atoms with van der Waals surface area (Å²) in [5.41, 5.74) is 0.772. The van der Waals surface area contributed by atoms with Crippen LogP contribution in [0, 0.1) is 0 Å². The van der Waals surface area contributed by atoms with Gasteiger partial charge in [0.15, 0.2) is 0 Å². The van der Waals surface area contributed by atoms with Crippen molar-refractivity contribution >= 4 is 39.3 Å². The van der Waals surface area contributed by atoms with Crippen LogP contribution in [0.15, 0.2) is 22.7 Å². The summed E-state index contributed by atoms with van der Waals surface area (Å²) in [6.07, 6.45) is 0.507. The number of benzene rings is 1. The summed E-state index contributed by atoms with van der Waals surface area (Å²) in [4.78, 5) is 13.2. The number of halogens is 2. The summed E-state index contributed by atoms with van der Waals surface area (Å²) in [7, 11) is 0. The van der Waals surface area contributed by atoms with Gasteiger partial charge in [-0.05, 0) is 40.5 Å². The molecule has 0 bridgehead atoms. The van der Waals surface area contributed by atoms with Crippen LogP contribution in [-0.2, 0) is 4.74 Å². The van der Waals surface area contributed by atoms with E-state index in [0.29, 0.717) is 11.6 Å². The molecular weight excluding hydrogens is 293 g/mol. The second-order valence-electron chi connectivity index (χ2n) is 3.62. The summed E-state index contributed by atoms with van der Waals surface area (Å²) in [6.45, 7) is 2.59. The summed E-state index contributed by atoms with van der Waals surface area (Å²) < 4.78 is 6.00. The highest BCUT2D eigenvalue weighted by atomic mass is 79.9. The van der Waals surface area contributed by atoms with Gasteiger partial charge in [0.1, 0.15) is 6.10 Å². The van der Waals surface area contributed by atoms with Gasteiger partial charge in [-0.3, -0.25) is 4.90 Å². The van der Waals surface area contributed by atoms with E-state index < -0.39 is 0 Å². The lowest BCUT2D eigenvalue weighted by Gasteiger charge is -2.13. The maximum atomic E-state index is 11.6. The van der Waals surface area contributed by atoms with E-state index >= 15 is 0 Å². The van der Waals surface area contributed by atoms with Crippen LogP contribution in [0.25, 0.3) is 0 Å². The Morgan fingerprint density at radius 1 is 1.62 bits per heavy atom. The number of anilines is 1. The zero-order valence-electron chi connectivity index (χ0n) is 8.74. The highest BCUT2D eigenvalue weighted by Gasteiger charge is 2.31. The maximum absolute atomic E-state index is 11.6. The van der Waals surface area contributed by atoms with Crippen LogP contribution in [0.1, 0.15) is 13.3 Å². The van der Waals surface area contributed by atoms with Crippen molar-refractivity contribution in [2.45, 2.75) is 19.4 Å². The average molecular weight is 305 g/mol. The number of hydrogen-bond donors (Lipinski definition) is 0. The molecule has 16 heavy (non-hydrogen) atoms. The lowest BCUT2D eigenvalue weighted by molar-refractivity contribution is 0.139. The van der Waals surface area contributed by atoms with Gasteiger partial charge in [-0.25, -0.2) is 4.79 Å². The van der Waals surface area contributed by atoms with Crippen molar-refractivity contribution in [2.75, 3.05) is 11.4 Å². The molecule has 2 rings (SSSR count). The molecule has 1 heterocycles. The van der Waals surface area contributed by atoms with Gasteiger partial charge >= 0.3 is 6.09 Å². The summed E-state index contributed by atoms with van der Waals surface area (Å²) >= 11 is 9.30. The van der Waals surface area contributed by atoms with E-state index in [1.807, 2.05) is 19.1 Å². The van der Waals surface area contributed by atoms with Crippen LogP contribution in [-0.4, -0.2) is 18.7 Å². The van der Waals surface area contributed by atoms with Crippen molar-refractivity contribution in [2.24, 2.45) is 0 Å². The predicted molar refractivity (Wildman–Crippen MR) is 67.1 cm³/mol. The quantitative estimate of drug-likeness (QED) is 0.831. The molecule has 1 atom stereocenters. The molecule has 1 amide bonds. The first-order valence-corrected chi connectivity index (χ1v) is 6.22. The Hall–Kier alpha value is -0.740. The molecule has 1 unspecified atom stereocenters. The molecule has 1 aliphatic heterocycles. The maximum Gasteiger partial charge on any atom is 0.414 e. The minimum absolute atomic E-state index is 0.0186. The fourth-order valence-electron chi connectivity index (χ4n) is 1.60. The predicted octanol–water partition coefficient (Wildman–Crippen LogP) is 3.84. The Bertz CT molecular complexity index is 424. The van der Waals surface area contributed by atoms with Gasteiger partial charge in [0.25, 0.3) is 0 Å². The van der Waals surface area contributed by atoms with Crippen LogP contribution >= 0.6 is 27.5 Å². The number of carbonyl (C=O) groups is 1. The molecule has 1 aliphatic rings. The molecule has 0 saturated carbocycles. The van der Waals surface area contributed by atoms with E-state index in [4.69, 9.17) is 16.3 Å². The van der Waals surface area contributed by atoms with Crippen molar-refractivity contribution in [3.05, 3.63) is 27.7 Å². The molecule has 3 nitrogen and oxygen atoms in total. The van der Waals surface area contributed by atoms with Gasteiger partial charge < -0.3 is 4.74 Å². The number of ether oxygens (including phenoxy) is 1. The zero-order valence-corrected chi connectivity index (χ0v) is 11.1. The van der Waals surface area contributed by atoms with E-state index in [2.05, 4.69) is 15.9 Å². The van der Waals surface area contributed by atoms with Gasteiger partial charge in [-0.2, -0.15) is 0 Å². The fraction of sp³-hybridized carbons (Fsp3) is 0.364. The lowest BCUT2D eigenvalue weighted by atomic mass is 10.2. The number of amides is 1. The molecular formula is C11H11BrClNO2. The summed E-state index contributed by atoms with van der Waals surface area (Å²) in [6, 6.07) is 5.42. The van der Waals surface area contributed by atoms with Crippen molar-refractivity contribution in [3.8, 4) is 0 Å². The Kier molecular flexibility index (Phi) is 3.40. The third-order valence-electron chi connectivity index (χ3n) is 2.54. The van der Waals surface area contributed by atoms with Crippen LogP contribution in [0.2, 0.25) is 5.02 Å². The van der Waals surface area contributed by atoms with Gasteiger partial charge in [0.05, 0.1) is 11.6 Å². The Morgan fingerprint density at radius 2 is 2.38 bits per heavy atom. The molecule has 1 aromatic rings. The Labute approximate surface area is 107 Å². The van der Waals surface area contributed by atoms with E-state index in [1.54, 1.807) is 11.0 Å². The highest BCUT2D eigenvalue weighted by molar-refractivity contribution is 9.10. The normalized spacial score (nSPS) is 20.1. The van der Waals surface area contributed by atoms with Crippen molar-refractivity contribution in [1.82, 2.24) is 0 Å². The molecule has 86 valence electrons. The number of rotatable bonds is 2. The minimum atomic E-state index is -0.301. The molecule has 1 fully saturated rings. The largest absolute Gasteiger partial charge is 0.444 e. The first kappa shape index (κ1) is 11.7. The SMILES string of the molecule is CCC1CN(c2ccc(Br)c(Cl)c2)C(=O)O1. The average Bonchev–Trinajstić information content (AvgIpc) is 2.64. The van der Waals surface area contributed by atoms with E-state index in [9.17, 15) is 4.79 Å². The molecule has 0 aliphatic carbocycles. The number of nitrogens with zero attached hydrogens (tertiary/aromatic N) is 1. The van der Waals surface area contributed by atoms with Crippen molar-refractivity contribution in [3.63, 3.8) is 0 Å². The third kappa shape index (κ3) is 2.18. The van der Waals surface area contributed by atoms with E-state index in [1.165, 1.54) is 0 Å². The standard InChI is InChI=1S/C11H11BrClNO2/c1-2-8-6-14(11(15)16-8)7-3-4-9(12)10(13)5-7/h3-5,8H,2,6H2,1H3. The molecule has 0 spiro atoms. The molecule has 0 N–H and O–H groups in total. The van der Waals surface area contributed by atoms with E-state index in [0.717, 1.165) is 16.6 Å². The van der Waals surface area contributed by atoms with Crippen LogP contribution in [0.3, 0.4) is 0 Å². The Morgan fingerprint density at radius 3 is 2.94 bits per heavy atom. The number of carbonyl (C=O) groups excluding carboxylic acids is 1. The number of cyclic esters (lactones) is 1. The van der Waals surface area contributed by atoms with Gasteiger partial charge in [-0.15, -0.1) is 0 Å². The highest BCUT2D eigenvalue weighted by Crippen LogP contribution is 2.30. The van der Waals surface area contributed by atoms with Gasteiger partial charge in [0.2, 0.25) is 0 Å². The van der Waals surface area contributed by atoms with Gasteiger partial charge in [-0.1, -0.05) is 18.5 Å². The fourth-order valence-corrected chi connectivity index (χ4v) is 2.02. The molecule has 0 radical (unpaired) electrons. The van der Waals surface area contributed by atoms with E-state index in [-0.39, 0.29) is 12.2 Å².